The van der Waals surface area contributed by atoms with Gasteiger partial charge in [0, 0.05) is 25.0 Å². The second kappa shape index (κ2) is 8.97. The summed E-state index contributed by atoms with van der Waals surface area (Å²) in [6, 6.07) is 9.66. The summed E-state index contributed by atoms with van der Waals surface area (Å²) in [6.45, 7) is 5.04. The molecule has 9 heteroatoms. The fraction of sp³-hybridized carbons (Fsp3) is 0.364. The number of hydrogen-bond donors (Lipinski definition) is 1. The number of nitrogens with zero attached hydrogens (tertiary/aromatic N) is 4. The fourth-order valence-corrected chi connectivity index (χ4v) is 4.29. The summed E-state index contributed by atoms with van der Waals surface area (Å²) in [5.41, 5.74) is 0.622. The van der Waals surface area contributed by atoms with Crippen molar-refractivity contribution in [1.29, 1.82) is 0 Å². The third-order valence-corrected chi connectivity index (χ3v) is 6.12. The van der Waals surface area contributed by atoms with Gasteiger partial charge in [0.15, 0.2) is 5.82 Å². The number of likely N-dealkylation sites (tertiary alicyclic amines) is 1. The standard InChI is InChI=1S/C22H24FN5O2S/c1-14(2)22(30)27-11-9-16(10-12-27)24-21(29)19-25-20(18-4-3-13-31-18)28(26-19)17-7-5-15(23)6-8-17/h3-8,13-14,16H,9-12H2,1-2H3,(H,24,29). The topological polar surface area (TPSA) is 80.1 Å². The van der Waals surface area contributed by atoms with Crippen LogP contribution >= 0.6 is 11.3 Å². The predicted molar refractivity (Wildman–Crippen MR) is 117 cm³/mol. The molecule has 1 aliphatic heterocycles. The molecule has 0 bridgehead atoms. The highest BCUT2D eigenvalue weighted by molar-refractivity contribution is 7.13. The molecule has 1 saturated heterocycles. The Morgan fingerprint density at radius 3 is 2.48 bits per heavy atom. The zero-order valence-electron chi connectivity index (χ0n) is 17.4. The van der Waals surface area contributed by atoms with Crippen molar-refractivity contribution in [2.24, 2.45) is 5.92 Å². The van der Waals surface area contributed by atoms with Crippen molar-refractivity contribution >= 4 is 23.2 Å². The van der Waals surface area contributed by atoms with Crippen LogP contribution in [0, 0.1) is 11.7 Å². The van der Waals surface area contributed by atoms with E-state index in [4.69, 9.17) is 0 Å². The van der Waals surface area contributed by atoms with Gasteiger partial charge in [-0.25, -0.2) is 14.1 Å². The normalized spacial score (nSPS) is 14.8. The van der Waals surface area contributed by atoms with Gasteiger partial charge >= 0.3 is 0 Å². The number of thiophene rings is 1. The molecule has 3 aromatic rings. The molecule has 4 rings (SSSR count). The molecule has 1 aliphatic rings. The summed E-state index contributed by atoms with van der Waals surface area (Å²) in [7, 11) is 0. The average molecular weight is 442 g/mol. The van der Waals surface area contributed by atoms with Crippen molar-refractivity contribution in [1.82, 2.24) is 25.0 Å². The van der Waals surface area contributed by atoms with Crippen molar-refractivity contribution in [3.8, 4) is 16.4 Å². The molecule has 0 radical (unpaired) electrons. The van der Waals surface area contributed by atoms with Gasteiger partial charge in [-0.15, -0.1) is 16.4 Å². The van der Waals surface area contributed by atoms with Crippen LogP contribution < -0.4 is 5.32 Å². The minimum atomic E-state index is -0.354. The summed E-state index contributed by atoms with van der Waals surface area (Å²) in [5, 5.41) is 9.33. The summed E-state index contributed by atoms with van der Waals surface area (Å²) in [6.07, 6.45) is 1.39. The van der Waals surface area contributed by atoms with Gasteiger partial charge in [-0.1, -0.05) is 19.9 Å². The number of rotatable bonds is 5. The van der Waals surface area contributed by atoms with E-state index in [0.29, 0.717) is 37.4 Å². The molecule has 2 amide bonds. The highest BCUT2D eigenvalue weighted by atomic mass is 32.1. The summed E-state index contributed by atoms with van der Waals surface area (Å²) >= 11 is 1.49. The van der Waals surface area contributed by atoms with Crippen LogP contribution in [0.4, 0.5) is 4.39 Å². The van der Waals surface area contributed by atoms with E-state index in [9.17, 15) is 14.0 Å². The Kier molecular flexibility index (Phi) is 6.13. The minimum Gasteiger partial charge on any atom is -0.346 e. The van der Waals surface area contributed by atoms with Crippen LogP contribution in [0.15, 0.2) is 41.8 Å². The van der Waals surface area contributed by atoms with Gasteiger partial charge in [-0.3, -0.25) is 9.59 Å². The van der Waals surface area contributed by atoms with E-state index in [-0.39, 0.29) is 35.4 Å². The van der Waals surface area contributed by atoms with Gasteiger partial charge in [-0.2, -0.15) is 0 Å². The second-order valence-electron chi connectivity index (χ2n) is 7.85. The monoisotopic (exact) mass is 441 g/mol. The smallest absolute Gasteiger partial charge is 0.291 e. The molecule has 2 aromatic heterocycles. The van der Waals surface area contributed by atoms with Crippen LogP contribution in [-0.4, -0.2) is 50.6 Å². The Bertz CT molecular complexity index is 1050. The Hall–Kier alpha value is -3.07. The SMILES string of the molecule is CC(C)C(=O)N1CCC(NC(=O)c2nc(-c3cccs3)n(-c3ccc(F)cc3)n2)CC1. The first-order valence-electron chi connectivity index (χ1n) is 10.3. The lowest BCUT2D eigenvalue weighted by Crippen LogP contribution is -2.47. The molecule has 0 aliphatic carbocycles. The van der Waals surface area contributed by atoms with Crippen LogP contribution in [0.2, 0.25) is 0 Å². The first-order valence-corrected chi connectivity index (χ1v) is 11.2. The lowest BCUT2D eigenvalue weighted by molar-refractivity contribution is -0.135. The van der Waals surface area contributed by atoms with Crippen LogP contribution in [0.1, 0.15) is 37.3 Å². The van der Waals surface area contributed by atoms with Gasteiger partial charge in [-0.05, 0) is 48.6 Å². The van der Waals surface area contributed by atoms with E-state index in [2.05, 4.69) is 15.4 Å². The Morgan fingerprint density at radius 1 is 1.16 bits per heavy atom. The predicted octanol–water partition coefficient (Wildman–Crippen LogP) is 3.51. The average Bonchev–Trinajstić information content (AvgIpc) is 3.44. The van der Waals surface area contributed by atoms with Crippen LogP contribution in [0.25, 0.3) is 16.4 Å². The molecule has 0 saturated carbocycles. The van der Waals surface area contributed by atoms with E-state index >= 15 is 0 Å². The van der Waals surface area contributed by atoms with Crippen molar-refractivity contribution in [2.45, 2.75) is 32.7 Å². The van der Waals surface area contributed by atoms with E-state index < -0.39 is 0 Å². The fourth-order valence-electron chi connectivity index (χ4n) is 3.60. The lowest BCUT2D eigenvalue weighted by Gasteiger charge is -2.33. The number of piperidine rings is 1. The van der Waals surface area contributed by atoms with Crippen LogP contribution in [0.5, 0.6) is 0 Å². The molecule has 7 nitrogen and oxygen atoms in total. The van der Waals surface area contributed by atoms with Gasteiger partial charge < -0.3 is 10.2 Å². The van der Waals surface area contributed by atoms with Crippen molar-refractivity contribution < 1.29 is 14.0 Å². The molecular weight excluding hydrogens is 417 g/mol. The van der Waals surface area contributed by atoms with Gasteiger partial charge in [0.05, 0.1) is 10.6 Å². The van der Waals surface area contributed by atoms with Gasteiger partial charge in [0.25, 0.3) is 5.91 Å². The van der Waals surface area contributed by atoms with Crippen molar-refractivity contribution in [3.63, 3.8) is 0 Å². The zero-order valence-corrected chi connectivity index (χ0v) is 18.2. The Labute approximate surface area is 183 Å². The van der Waals surface area contributed by atoms with Gasteiger partial charge in [0.2, 0.25) is 11.7 Å². The molecular formula is C22H24FN5O2S. The highest BCUT2D eigenvalue weighted by Gasteiger charge is 2.27. The summed E-state index contributed by atoms with van der Waals surface area (Å²) < 4.78 is 14.9. The second-order valence-corrected chi connectivity index (χ2v) is 8.80. The number of benzene rings is 1. The van der Waals surface area contributed by atoms with Crippen LogP contribution in [0.3, 0.4) is 0 Å². The minimum absolute atomic E-state index is 0.0264. The number of amides is 2. The van der Waals surface area contributed by atoms with E-state index in [1.165, 1.54) is 23.5 Å². The van der Waals surface area contributed by atoms with E-state index in [0.717, 1.165) is 4.88 Å². The third-order valence-electron chi connectivity index (χ3n) is 5.26. The number of aromatic nitrogens is 3. The maximum absolute atomic E-state index is 13.4. The van der Waals surface area contributed by atoms with Crippen molar-refractivity contribution in [2.75, 3.05) is 13.1 Å². The lowest BCUT2D eigenvalue weighted by atomic mass is 10.0. The molecule has 0 spiro atoms. The molecule has 0 unspecified atom stereocenters. The molecule has 3 heterocycles. The number of carbonyl (C=O) groups is 2. The Morgan fingerprint density at radius 2 is 1.87 bits per heavy atom. The summed E-state index contributed by atoms with van der Waals surface area (Å²) in [4.78, 5) is 32.2. The molecule has 31 heavy (non-hydrogen) atoms. The quantitative estimate of drug-likeness (QED) is 0.657. The zero-order chi connectivity index (χ0) is 22.0. The Balaban J connectivity index is 1.51. The van der Waals surface area contributed by atoms with E-state index in [1.807, 2.05) is 36.3 Å². The highest BCUT2D eigenvalue weighted by Crippen LogP contribution is 2.26. The third kappa shape index (κ3) is 4.66. The number of halogens is 1. The molecule has 1 fully saturated rings. The molecule has 0 atom stereocenters. The number of hydrogen-bond acceptors (Lipinski definition) is 5. The molecule has 1 aromatic carbocycles. The summed E-state index contributed by atoms with van der Waals surface area (Å²) in [5.74, 6) is 0.0122. The van der Waals surface area contributed by atoms with Crippen molar-refractivity contribution in [3.05, 3.63) is 53.4 Å². The first-order chi connectivity index (χ1) is 14.9. The molecule has 1 N–H and O–H groups in total. The van der Waals surface area contributed by atoms with Gasteiger partial charge in [0.1, 0.15) is 5.82 Å². The van der Waals surface area contributed by atoms with Crippen LogP contribution in [-0.2, 0) is 4.79 Å². The maximum atomic E-state index is 13.4. The number of nitrogens with one attached hydrogen (secondary N) is 1. The molecule has 162 valence electrons. The van der Waals surface area contributed by atoms with E-state index in [1.54, 1.807) is 16.8 Å². The largest absolute Gasteiger partial charge is 0.346 e. The first kappa shape index (κ1) is 21.2. The number of carbonyl (C=O) groups excluding carboxylic acids is 2. The maximum Gasteiger partial charge on any atom is 0.291 e.